The Balaban J connectivity index is 1.55. The van der Waals surface area contributed by atoms with Crippen LogP contribution in [0.1, 0.15) is 53.2 Å². The van der Waals surface area contributed by atoms with Crippen LogP contribution in [0.5, 0.6) is 0 Å². The molecule has 2 fully saturated rings. The lowest BCUT2D eigenvalue weighted by atomic mass is 9.45. The van der Waals surface area contributed by atoms with Gasteiger partial charge in [-0.15, -0.1) is 0 Å². The molecule has 238 valence electrons. The molecule has 2 N–H and O–H groups in total. The average molecular weight is 671 g/mol. The summed E-state index contributed by atoms with van der Waals surface area (Å²) in [6.07, 6.45) is -0.182. The van der Waals surface area contributed by atoms with Crippen LogP contribution in [0.4, 0.5) is 23.2 Å². The molecule has 3 aliphatic rings. The van der Waals surface area contributed by atoms with Crippen molar-refractivity contribution in [2.24, 2.45) is 5.41 Å². The predicted molar refractivity (Wildman–Crippen MR) is 167 cm³/mol. The number of likely N-dealkylation sites (tertiary alicyclic amines) is 1. The van der Waals surface area contributed by atoms with E-state index < -0.39 is 70.5 Å². The Kier molecular flexibility index (Phi) is 7.67. The summed E-state index contributed by atoms with van der Waals surface area (Å²) in [6.45, 7) is -2.06. The van der Waals surface area contributed by atoms with E-state index in [0.717, 1.165) is 6.07 Å². The van der Waals surface area contributed by atoms with Crippen molar-refractivity contribution in [2.75, 3.05) is 25.2 Å². The third-order valence-electron chi connectivity index (χ3n) is 10.3. The van der Waals surface area contributed by atoms with Gasteiger partial charge >= 0.3 is 0 Å². The number of carbonyl (C=O) groups is 1. The molecule has 4 aromatic rings. The van der Waals surface area contributed by atoms with Crippen molar-refractivity contribution in [3.05, 3.63) is 129 Å². The predicted octanol–water partition coefficient (Wildman–Crippen LogP) is 7.89. The Labute approximate surface area is 273 Å². The van der Waals surface area contributed by atoms with Gasteiger partial charge in [0.15, 0.2) is 11.0 Å². The molecule has 4 atom stereocenters. The summed E-state index contributed by atoms with van der Waals surface area (Å²) in [5.41, 5.74) is -2.92. The van der Waals surface area contributed by atoms with Crippen LogP contribution in [0.2, 0.25) is 10.2 Å². The van der Waals surface area contributed by atoms with Crippen molar-refractivity contribution in [3.8, 4) is 0 Å². The molecule has 3 heterocycles. The van der Waals surface area contributed by atoms with Crippen LogP contribution in [0.3, 0.4) is 0 Å². The highest BCUT2D eigenvalue weighted by Gasteiger charge is 2.78. The fourth-order valence-corrected chi connectivity index (χ4v) is 8.84. The summed E-state index contributed by atoms with van der Waals surface area (Å²) in [7, 11) is 0. The van der Waals surface area contributed by atoms with Crippen molar-refractivity contribution < 1.29 is 27.5 Å². The number of pyridine rings is 1. The third-order valence-corrected chi connectivity index (χ3v) is 10.9. The second-order valence-electron chi connectivity index (χ2n) is 12.6. The topological polar surface area (TPSA) is 65.5 Å². The second kappa shape index (κ2) is 11.3. The number of carbonyl (C=O) groups excluding carboxylic acids is 1. The molecule has 1 amide bonds. The van der Waals surface area contributed by atoms with Crippen LogP contribution < -0.4 is 5.32 Å². The number of hydrogen-bond donors (Lipinski definition) is 2. The Morgan fingerprint density at radius 3 is 2.22 bits per heavy atom. The van der Waals surface area contributed by atoms with Crippen LogP contribution in [-0.4, -0.2) is 46.3 Å². The highest BCUT2D eigenvalue weighted by molar-refractivity contribution is 6.31. The number of aliphatic hydroxyl groups excluding tert-OH is 1. The molecule has 1 aliphatic carbocycles. The van der Waals surface area contributed by atoms with E-state index in [9.17, 15) is 18.7 Å². The Morgan fingerprint density at radius 1 is 0.957 bits per heavy atom. The molecule has 7 rings (SSSR count). The third kappa shape index (κ3) is 4.28. The van der Waals surface area contributed by atoms with Gasteiger partial charge in [0.2, 0.25) is 5.91 Å². The first-order valence-electron chi connectivity index (χ1n) is 14.9. The summed E-state index contributed by atoms with van der Waals surface area (Å²) in [4.78, 5) is 20.4. The summed E-state index contributed by atoms with van der Waals surface area (Å²) >= 11 is 12.3. The number of nitrogens with one attached hydrogen (secondary N) is 1. The molecule has 0 radical (unpaired) electrons. The van der Waals surface area contributed by atoms with E-state index in [4.69, 9.17) is 23.2 Å². The molecule has 1 unspecified atom stereocenters. The molecule has 1 aromatic heterocycles. The first-order valence-corrected chi connectivity index (χ1v) is 15.7. The number of amides is 1. The van der Waals surface area contributed by atoms with Gasteiger partial charge in [-0.1, -0.05) is 83.9 Å². The zero-order chi connectivity index (χ0) is 32.4. The lowest BCUT2D eigenvalue weighted by Gasteiger charge is -2.63. The minimum Gasteiger partial charge on any atom is -0.386 e. The Bertz CT molecular complexity index is 1800. The fraction of sp³-hybridized carbons (Fsp3) is 0.314. The molecule has 11 heteroatoms. The zero-order valence-electron chi connectivity index (χ0n) is 24.4. The van der Waals surface area contributed by atoms with Gasteiger partial charge in [0.25, 0.3) is 0 Å². The van der Waals surface area contributed by atoms with E-state index in [1.807, 2.05) is 41.3 Å². The number of aliphatic hydroxyl groups is 1. The first-order chi connectivity index (χ1) is 22.1. The van der Waals surface area contributed by atoms with Crippen LogP contribution >= 0.6 is 23.2 Å². The number of anilines is 1. The number of benzene rings is 3. The van der Waals surface area contributed by atoms with Gasteiger partial charge in [0, 0.05) is 35.3 Å². The zero-order valence-corrected chi connectivity index (χ0v) is 25.9. The van der Waals surface area contributed by atoms with Gasteiger partial charge in [0.05, 0.1) is 30.5 Å². The summed E-state index contributed by atoms with van der Waals surface area (Å²) in [6, 6.07) is 21.0. The van der Waals surface area contributed by atoms with Crippen molar-refractivity contribution in [1.82, 2.24) is 9.88 Å². The largest absolute Gasteiger partial charge is 0.386 e. The molecule has 1 saturated carbocycles. The van der Waals surface area contributed by atoms with Crippen molar-refractivity contribution in [1.29, 1.82) is 0 Å². The first kappa shape index (κ1) is 31.1. The maximum Gasteiger partial charge on any atom is 0.237 e. The number of hydrogen-bond acceptors (Lipinski definition) is 4. The van der Waals surface area contributed by atoms with Gasteiger partial charge in [0.1, 0.15) is 11.2 Å². The van der Waals surface area contributed by atoms with Crippen LogP contribution in [0, 0.1) is 17.0 Å². The van der Waals surface area contributed by atoms with Gasteiger partial charge < -0.3 is 10.4 Å². The minimum absolute atomic E-state index is 0.0410. The lowest BCUT2D eigenvalue weighted by molar-refractivity contribution is -0.157. The van der Waals surface area contributed by atoms with Crippen molar-refractivity contribution >= 4 is 34.8 Å². The van der Waals surface area contributed by atoms with Gasteiger partial charge in [-0.05, 0) is 53.3 Å². The molecule has 2 aliphatic heterocycles. The van der Waals surface area contributed by atoms with E-state index in [2.05, 4.69) is 10.3 Å². The number of alkyl halides is 2. The Hall–Kier alpha value is -3.50. The normalized spacial score (nSPS) is 24.1. The smallest absolute Gasteiger partial charge is 0.237 e. The van der Waals surface area contributed by atoms with Crippen LogP contribution in [-0.2, 0) is 10.2 Å². The molecule has 1 saturated heterocycles. The average Bonchev–Trinajstić information content (AvgIpc) is 3.50. The Morgan fingerprint density at radius 2 is 1.59 bits per heavy atom. The van der Waals surface area contributed by atoms with E-state index >= 15 is 8.78 Å². The second-order valence-corrected chi connectivity index (χ2v) is 13.4. The van der Waals surface area contributed by atoms with Crippen molar-refractivity contribution in [2.45, 2.75) is 41.9 Å². The molecule has 5 nitrogen and oxygen atoms in total. The summed E-state index contributed by atoms with van der Waals surface area (Å²) in [5, 5.41) is 14.3. The summed E-state index contributed by atoms with van der Waals surface area (Å²) in [5.74, 6) is -3.29. The number of rotatable bonds is 7. The molecule has 0 bridgehead atoms. The van der Waals surface area contributed by atoms with E-state index in [1.165, 1.54) is 18.3 Å². The molecule has 2 spiro atoms. The maximum absolute atomic E-state index is 16.1. The van der Waals surface area contributed by atoms with Crippen LogP contribution in [0.25, 0.3) is 0 Å². The maximum atomic E-state index is 16.1. The number of halogens is 6. The molecular formula is C35H29Cl2F4N3O2. The highest BCUT2D eigenvalue weighted by Crippen LogP contribution is 2.72. The quantitative estimate of drug-likeness (QED) is 0.155. The number of nitrogens with zero attached hydrogens (tertiary/aromatic N) is 2. The number of aromatic nitrogens is 1. The van der Waals surface area contributed by atoms with Gasteiger partial charge in [-0.3, -0.25) is 18.5 Å². The van der Waals surface area contributed by atoms with E-state index in [1.54, 1.807) is 24.3 Å². The van der Waals surface area contributed by atoms with E-state index in [-0.39, 0.29) is 41.2 Å². The van der Waals surface area contributed by atoms with Crippen LogP contribution in [0.15, 0.2) is 85.1 Å². The number of fused-ring (bicyclic) bond motifs is 3. The fourth-order valence-electron chi connectivity index (χ4n) is 8.51. The van der Waals surface area contributed by atoms with Gasteiger partial charge in [-0.2, -0.15) is 0 Å². The van der Waals surface area contributed by atoms with Gasteiger partial charge in [-0.25, -0.2) is 13.8 Å². The standard InChI is InChI=1S/C35H29Cl2F4N3O2/c36-25-14-27-23(13-26(25)40)35(32(46)43-27)24(22-11-12-42-31(37)28(22)41)15-44(34(35)16-33(17-34,18-38)19-39)29(20-7-3-1-4-8-20)30(45)21-9-5-2-6-10-21/h1-14,24,29-30,45H,15-19H2,(H,43,46)/t24-,29-,30+,35?/m1/s1. The SMILES string of the molecule is O=C1Nc2cc(Cl)c(F)cc2C12[C@@H](c1ccnc(Cl)c1F)CN([C@H](c1ccccc1)[C@@H](O)c1ccccc1)C21CC(CF)(CF)C1. The molecule has 3 aromatic carbocycles. The lowest BCUT2D eigenvalue weighted by Crippen LogP contribution is -2.71. The highest BCUT2D eigenvalue weighted by atomic mass is 35.5. The minimum atomic E-state index is -1.77. The summed E-state index contributed by atoms with van der Waals surface area (Å²) < 4.78 is 61.0. The van der Waals surface area contributed by atoms with Crippen molar-refractivity contribution in [3.63, 3.8) is 0 Å². The molecule has 46 heavy (non-hydrogen) atoms. The molecular weight excluding hydrogens is 641 g/mol. The van der Waals surface area contributed by atoms with E-state index in [0.29, 0.717) is 11.1 Å². The monoisotopic (exact) mass is 669 g/mol.